The summed E-state index contributed by atoms with van der Waals surface area (Å²) in [4.78, 5) is 16.7. The Hall–Kier alpha value is -1.26. The second-order valence-electron chi connectivity index (χ2n) is 4.48. The summed E-state index contributed by atoms with van der Waals surface area (Å²) in [5, 5.41) is 0. The Labute approximate surface area is 99.9 Å². The summed E-state index contributed by atoms with van der Waals surface area (Å²) in [6.45, 7) is 1.49. The fraction of sp³-hybridized carbons (Fsp3) is 0.538. The number of ketones is 1. The monoisotopic (exact) mass is 233 g/mol. The summed E-state index contributed by atoms with van der Waals surface area (Å²) < 4.78 is 10.7. The van der Waals surface area contributed by atoms with Gasteiger partial charge in [-0.1, -0.05) is 6.07 Å². The van der Waals surface area contributed by atoms with Crippen molar-refractivity contribution in [1.29, 1.82) is 0 Å². The van der Waals surface area contributed by atoms with Crippen LogP contribution in [0.5, 0.6) is 0 Å². The van der Waals surface area contributed by atoms with Gasteiger partial charge in [-0.15, -0.1) is 0 Å². The number of carbonyl (C=O) groups is 1. The van der Waals surface area contributed by atoms with Gasteiger partial charge < -0.3 is 9.47 Å². The predicted octanol–water partition coefficient (Wildman–Crippen LogP) is 1.10. The Morgan fingerprint density at radius 1 is 1.41 bits per heavy atom. The van der Waals surface area contributed by atoms with Crippen molar-refractivity contribution in [2.75, 3.05) is 19.8 Å². The maximum Gasteiger partial charge on any atom is 0.172 e. The van der Waals surface area contributed by atoms with Gasteiger partial charge in [-0.05, 0) is 24.5 Å². The van der Waals surface area contributed by atoms with Crippen molar-refractivity contribution in [3.8, 4) is 0 Å². The molecule has 2 aliphatic rings. The molecule has 0 radical (unpaired) electrons. The Morgan fingerprint density at radius 2 is 2.35 bits per heavy atom. The zero-order chi connectivity index (χ0) is 11.7. The third-order valence-electron chi connectivity index (χ3n) is 3.44. The lowest BCUT2D eigenvalue weighted by atomic mass is 9.97. The highest BCUT2D eigenvalue weighted by atomic mass is 16.6. The van der Waals surface area contributed by atoms with Crippen LogP contribution in [0.3, 0.4) is 0 Å². The molecule has 2 heterocycles. The Morgan fingerprint density at radius 3 is 3.18 bits per heavy atom. The average molecular weight is 233 g/mol. The SMILES string of the molecule is O=C(C1COCCO1)C1CCc2cccnc21. The third-order valence-corrected chi connectivity index (χ3v) is 3.44. The average Bonchev–Trinajstić information content (AvgIpc) is 2.83. The van der Waals surface area contributed by atoms with Crippen LogP contribution in [-0.2, 0) is 20.7 Å². The zero-order valence-corrected chi connectivity index (χ0v) is 9.59. The smallest absolute Gasteiger partial charge is 0.172 e. The predicted molar refractivity (Wildman–Crippen MR) is 60.9 cm³/mol. The number of hydrogen-bond acceptors (Lipinski definition) is 4. The van der Waals surface area contributed by atoms with Gasteiger partial charge in [0.25, 0.3) is 0 Å². The molecule has 0 N–H and O–H groups in total. The number of carbonyl (C=O) groups excluding carboxylic acids is 1. The van der Waals surface area contributed by atoms with Gasteiger partial charge >= 0.3 is 0 Å². The van der Waals surface area contributed by atoms with E-state index in [1.807, 2.05) is 12.1 Å². The number of pyridine rings is 1. The molecular formula is C13H15NO3. The molecule has 1 aromatic heterocycles. The van der Waals surface area contributed by atoms with E-state index in [0.29, 0.717) is 19.8 Å². The molecular weight excluding hydrogens is 218 g/mol. The summed E-state index contributed by atoms with van der Waals surface area (Å²) in [6, 6.07) is 3.97. The van der Waals surface area contributed by atoms with Crippen LogP contribution < -0.4 is 0 Å². The van der Waals surface area contributed by atoms with Crippen molar-refractivity contribution in [2.45, 2.75) is 24.9 Å². The Balaban J connectivity index is 1.79. The maximum absolute atomic E-state index is 12.3. The van der Waals surface area contributed by atoms with Gasteiger partial charge in [0, 0.05) is 6.20 Å². The van der Waals surface area contributed by atoms with Gasteiger partial charge in [0.1, 0.15) is 6.10 Å². The molecule has 3 rings (SSSR count). The van der Waals surface area contributed by atoms with Crippen molar-refractivity contribution in [3.63, 3.8) is 0 Å². The first-order valence-electron chi connectivity index (χ1n) is 6.03. The van der Waals surface area contributed by atoms with E-state index >= 15 is 0 Å². The Kier molecular flexibility index (Phi) is 2.91. The lowest BCUT2D eigenvalue weighted by Gasteiger charge is -2.24. The van der Waals surface area contributed by atoms with E-state index in [1.165, 1.54) is 5.56 Å². The van der Waals surface area contributed by atoms with Crippen LogP contribution in [0.25, 0.3) is 0 Å². The first-order chi connectivity index (χ1) is 8.36. The molecule has 0 spiro atoms. The van der Waals surface area contributed by atoms with Crippen molar-refractivity contribution < 1.29 is 14.3 Å². The minimum atomic E-state index is -0.401. The largest absolute Gasteiger partial charge is 0.376 e. The number of fused-ring (bicyclic) bond motifs is 1. The fourth-order valence-corrected chi connectivity index (χ4v) is 2.57. The molecule has 0 aromatic carbocycles. The second-order valence-corrected chi connectivity index (χ2v) is 4.48. The van der Waals surface area contributed by atoms with Crippen molar-refractivity contribution >= 4 is 5.78 Å². The first-order valence-corrected chi connectivity index (χ1v) is 6.03. The highest BCUT2D eigenvalue weighted by Crippen LogP contribution is 2.33. The van der Waals surface area contributed by atoms with Crippen molar-refractivity contribution in [3.05, 3.63) is 29.6 Å². The molecule has 1 aliphatic heterocycles. The van der Waals surface area contributed by atoms with Crippen molar-refractivity contribution in [1.82, 2.24) is 4.98 Å². The highest BCUT2D eigenvalue weighted by Gasteiger charge is 2.35. The third kappa shape index (κ3) is 1.98. The van der Waals surface area contributed by atoms with Gasteiger partial charge in [0.05, 0.1) is 31.4 Å². The molecule has 2 unspecified atom stereocenters. The van der Waals surface area contributed by atoms with Gasteiger partial charge in [-0.25, -0.2) is 0 Å². The van der Waals surface area contributed by atoms with E-state index in [0.717, 1.165) is 18.5 Å². The van der Waals surface area contributed by atoms with Crippen LogP contribution in [0.15, 0.2) is 18.3 Å². The lowest BCUT2D eigenvalue weighted by Crippen LogP contribution is -2.38. The molecule has 1 aromatic rings. The Bertz CT molecular complexity index is 426. The van der Waals surface area contributed by atoms with E-state index in [-0.39, 0.29) is 11.7 Å². The number of rotatable bonds is 2. The molecule has 4 heteroatoms. The van der Waals surface area contributed by atoms with Gasteiger partial charge in [0.15, 0.2) is 5.78 Å². The number of Topliss-reactive ketones (excluding diaryl/α,β-unsaturated/α-hetero) is 1. The summed E-state index contributed by atoms with van der Waals surface area (Å²) in [5.74, 6) is 0.0278. The second kappa shape index (κ2) is 4.55. The fourth-order valence-electron chi connectivity index (χ4n) is 2.57. The molecule has 1 saturated heterocycles. The topological polar surface area (TPSA) is 48.4 Å². The minimum absolute atomic E-state index is 0.0992. The van der Waals surface area contributed by atoms with Gasteiger partial charge in [-0.3, -0.25) is 9.78 Å². The number of ether oxygens (including phenoxy) is 2. The first kappa shape index (κ1) is 10.9. The van der Waals surface area contributed by atoms with Crippen LogP contribution in [-0.4, -0.2) is 36.7 Å². The van der Waals surface area contributed by atoms with E-state index in [9.17, 15) is 4.79 Å². The van der Waals surface area contributed by atoms with Crippen LogP contribution in [0, 0.1) is 0 Å². The molecule has 90 valence electrons. The molecule has 1 fully saturated rings. The molecule has 2 atom stereocenters. The molecule has 0 amide bonds. The maximum atomic E-state index is 12.3. The molecule has 0 bridgehead atoms. The van der Waals surface area contributed by atoms with Crippen LogP contribution in [0.4, 0.5) is 0 Å². The molecule has 0 saturated carbocycles. The number of hydrogen-bond donors (Lipinski definition) is 0. The number of aryl methyl sites for hydroxylation is 1. The molecule has 1 aliphatic carbocycles. The van der Waals surface area contributed by atoms with Crippen molar-refractivity contribution in [2.24, 2.45) is 0 Å². The van der Waals surface area contributed by atoms with Crippen LogP contribution in [0.2, 0.25) is 0 Å². The quantitative estimate of drug-likeness (QED) is 0.767. The molecule has 4 nitrogen and oxygen atoms in total. The summed E-state index contributed by atoms with van der Waals surface area (Å²) >= 11 is 0. The normalized spacial score (nSPS) is 27.8. The van der Waals surface area contributed by atoms with E-state index in [1.54, 1.807) is 6.20 Å². The minimum Gasteiger partial charge on any atom is -0.376 e. The van der Waals surface area contributed by atoms with Crippen LogP contribution in [0.1, 0.15) is 23.6 Å². The number of nitrogens with zero attached hydrogens (tertiary/aromatic N) is 1. The summed E-state index contributed by atoms with van der Waals surface area (Å²) in [6.07, 6.45) is 3.14. The summed E-state index contributed by atoms with van der Waals surface area (Å²) in [7, 11) is 0. The van der Waals surface area contributed by atoms with E-state index in [4.69, 9.17) is 9.47 Å². The highest BCUT2D eigenvalue weighted by molar-refractivity contribution is 5.90. The van der Waals surface area contributed by atoms with Crippen LogP contribution >= 0.6 is 0 Å². The van der Waals surface area contributed by atoms with Gasteiger partial charge in [0.2, 0.25) is 0 Å². The number of aromatic nitrogens is 1. The standard InChI is InChI=1S/C13H15NO3/c15-13(11-8-16-6-7-17-11)10-4-3-9-2-1-5-14-12(9)10/h1-2,5,10-11H,3-4,6-8H2. The van der Waals surface area contributed by atoms with Gasteiger partial charge in [-0.2, -0.15) is 0 Å². The lowest BCUT2D eigenvalue weighted by molar-refractivity contribution is -0.146. The zero-order valence-electron chi connectivity index (χ0n) is 9.59. The summed E-state index contributed by atoms with van der Waals surface area (Å²) in [5.41, 5.74) is 2.13. The van der Waals surface area contributed by atoms with E-state index < -0.39 is 6.10 Å². The molecule has 17 heavy (non-hydrogen) atoms. The van der Waals surface area contributed by atoms with E-state index in [2.05, 4.69) is 4.98 Å².